The molecule has 1 aromatic carbocycles. The fraction of sp³-hybridized carbons (Fsp3) is 0.571. The molecule has 94 valence electrons. The second kappa shape index (κ2) is 5.89. The zero-order valence-corrected chi connectivity index (χ0v) is 11.6. The molecule has 2 rings (SSSR count). The molecule has 17 heavy (non-hydrogen) atoms. The van der Waals surface area contributed by atoms with Crippen LogP contribution in [0, 0.1) is 0 Å². The van der Waals surface area contributed by atoms with E-state index >= 15 is 0 Å². The summed E-state index contributed by atoms with van der Waals surface area (Å²) in [6, 6.07) is 9.56. The van der Waals surface area contributed by atoms with E-state index in [0.717, 1.165) is 0 Å². The lowest BCUT2D eigenvalue weighted by molar-refractivity contribution is 0.0839. The van der Waals surface area contributed by atoms with E-state index in [2.05, 4.69) is 43.4 Å². The average molecular weight is 251 g/mol. The number of rotatable bonds is 4. The van der Waals surface area contributed by atoms with E-state index in [-0.39, 0.29) is 6.10 Å². The highest BCUT2D eigenvalue weighted by Gasteiger charge is 2.23. The molecule has 0 aliphatic carbocycles. The normalized spacial score (nSPS) is 22.9. The van der Waals surface area contributed by atoms with Crippen LogP contribution < -0.4 is 5.32 Å². The van der Waals surface area contributed by atoms with E-state index in [1.807, 2.05) is 11.8 Å². The fourth-order valence-electron chi connectivity index (χ4n) is 2.17. The molecule has 0 amide bonds. The quantitative estimate of drug-likeness (QED) is 0.887. The van der Waals surface area contributed by atoms with Gasteiger partial charge in [0.25, 0.3) is 0 Å². The summed E-state index contributed by atoms with van der Waals surface area (Å²) in [7, 11) is 1.77. The molecule has 0 spiro atoms. The van der Waals surface area contributed by atoms with Gasteiger partial charge in [-0.3, -0.25) is 0 Å². The lowest BCUT2D eigenvalue weighted by atomic mass is 10.0. The molecule has 1 aliphatic rings. The van der Waals surface area contributed by atoms with Crippen LogP contribution in [0.5, 0.6) is 0 Å². The van der Waals surface area contributed by atoms with Crippen LogP contribution in [0.1, 0.15) is 31.9 Å². The van der Waals surface area contributed by atoms with Crippen LogP contribution in [-0.2, 0) is 4.74 Å². The molecule has 1 N–H and O–H groups in total. The molecule has 0 radical (unpaired) electrons. The Morgan fingerprint density at radius 3 is 2.88 bits per heavy atom. The zero-order chi connectivity index (χ0) is 12.3. The van der Waals surface area contributed by atoms with Crippen molar-refractivity contribution in [3.63, 3.8) is 0 Å². The smallest absolute Gasteiger partial charge is 0.0693 e. The number of fused-ring (bicyclic) bond motifs is 1. The zero-order valence-electron chi connectivity index (χ0n) is 10.8. The highest BCUT2D eigenvalue weighted by atomic mass is 32.2. The first-order valence-electron chi connectivity index (χ1n) is 6.23. The van der Waals surface area contributed by atoms with Crippen LogP contribution in [0.3, 0.4) is 0 Å². The SMILES string of the molecule is COC(C)C(C)NC1CCSc2ccccc21. The Labute approximate surface area is 108 Å². The van der Waals surface area contributed by atoms with Gasteiger partial charge in [-0.15, -0.1) is 11.8 Å². The van der Waals surface area contributed by atoms with E-state index in [4.69, 9.17) is 4.74 Å². The van der Waals surface area contributed by atoms with Gasteiger partial charge in [0.2, 0.25) is 0 Å². The van der Waals surface area contributed by atoms with Crippen molar-refractivity contribution in [2.75, 3.05) is 12.9 Å². The van der Waals surface area contributed by atoms with Crippen molar-refractivity contribution >= 4 is 11.8 Å². The summed E-state index contributed by atoms with van der Waals surface area (Å²) < 4.78 is 5.37. The molecule has 0 aromatic heterocycles. The molecule has 0 saturated heterocycles. The molecule has 0 fully saturated rings. The molecule has 1 heterocycles. The van der Waals surface area contributed by atoms with Crippen LogP contribution in [0.2, 0.25) is 0 Å². The standard InChI is InChI=1S/C14H21NOS/c1-10(11(2)16-3)15-13-8-9-17-14-7-5-4-6-12(13)14/h4-7,10-11,13,15H,8-9H2,1-3H3. The summed E-state index contributed by atoms with van der Waals surface area (Å²) in [5.74, 6) is 1.20. The summed E-state index contributed by atoms with van der Waals surface area (Å²) in [6.07, 6.45) is 1.44. The third kappa shape index (κ3) is 3.03. The molecule has 1 aliphatic heterocycles. The number of thioether (sulfide) groups is 1. The third-order valence-electron chi connectivity index (χ3n) is 3.50. The number of hydrogen-bond donors (Lipinski definition) is 1. The number of ether oxygens (including phenoxy) is 1. The monoisotopic (exact) mass is 251 g/mol. The Morgan fingerprint density at radius 1 is 1.35 bits per heavy atom. The summed E-state index contributed by atoms with van der Waals surface area (Å²) in [4.78, 5) is 1.42. The van der Waals surface area contributed by atoms with Gasteiger partial charge in [-0.05, 0) is 37.7 Å². The van der Waals surface area contributed by atoms with E-state index in [0.29, 0.717) is 12.1 Å². The Balaban J connectivity index is 2.08. The van der Waals surface area contributed by atoms with Gasteiger partial charge in [0.1, 0.15) is 0 Å². The van der Waals surface area contributed by atoms with Gasteiger partial charge >= 0.3 is 0 Å². The minimum absolute atomic E-state index is 0.247. The highest BCUT2D eigenvalue weighted by Crippen LogP contribution is 2.36. The molecule has 2 nitrogen and oxygen atoms in total. The summed E-state index contributed by atoms with van der Waals surface area (Å²) in [5.41, 5.74) is 1.44. The number of methoxy groups -OCH3 is 1. The van der Waals surface area contributed by atoms with Gasteiger partial charge in [0.05, 0.1) is 6.10 Å². The van der Waals surface area contributed by atoms with Gasteiger partial charge in [0.15, 0.2) is 0 Å². The predicted octanol–water partition coefficient (Wildman–Crippen LogP) is 3.24. The Hall–Kier alpha value is -0.510. The molecular formula is C14H21NOS. The van der Waals surface area contributed by atoms with Crippen molar-refractivity contribution in [1.29, 1.82) is 0 Å². The predicted molar refractivity (Wildman–Crippen MR) is 73.6 cm³/mol. The number of hydrogen-bond acceptors (Lipinski definition) is 3. The minimum atomic E-state index is 0.247. The average Bonchev–Trinajstić information content (AvgIpc) is 2.38. The number of benzene rings is 1. The summed E-state index contributed by atoms with van der Waals surface area (Å²) >= 11 is 1.96. The lowest BCUT2D eigenvalue weighted by Gasteiger charge is -2.30. The maximum atomic E-state index is 5.37. The summed E-state index contributed by atoms with van der Waals surface area (Å²) in [6.45, 7) is 4.31. The number of nitrogens with one attached hydrogen (secondary N) is 1. The van der Waals surface area contributed by atoms with E-state index in [9.17, 15) is 0 Å². The third-order valence-corrected chi connectivity index (χ3v) is 4.62. The van der Waals surface area contributed by atoms with Gasteiger partial charge in [-0.2, -0.15) is 0 Å². The van der Waals surface area contributed by atoms with Crippen LogP contribution in [0.4, 0.5) is 0 Å². The molecule has 3 heteroatoms. The van der Waals surface area contributed by atoms with Gasteiger partial charge in [0, 0.05) is 24.1 Å². The fourth-order valence-corrected chi connectivity index (χ4v) is 3.30. The lowest BCUT2D eigenvalue weighted by Crippen LogP contribution is -2.40. The minimum Gasteiger partial charge on any atom is -0.380 e. The largest absolute Gasteiger partial charge is 0.380 e. The van der Waals surface area contributed by atoms with Crippen LogP contribution in [-0.4, -0.2) is 25.0 Å². The van der Waals surface area contributed by atoms with Crippen molar-refractivity contribution < 1.29 is 4.74 Å². The van der Waals surface area contributed by atoms with Crippen molar-refractivity contribution in [3.05, 3.63) is 29.8 Å². The van der Waals surface area contributed by atoms with Gasteiger partial charge in [-0.25, -0.2) is 0 Å². The molecular weight excluding hydrogens is 230 g/mol. The maximum absolute atomic E-state index is 5.37. The molecule has 0 saturated carbocycles. The van der Waals surface area contributed by atoms with Crippen molar-refractivity contribution in [1.82, 2.24) is 5.32 Å². The highest BCUT2D eigenvalue weighted by molar-refractivity contribution is 7.99. The Kier molecular flexibility index (Phi) is 4.48. The Morgan fingerprint density at radius 2 is 2.12 bits per heavy atom. The molecule has 3 atom stereocenters. The molecule has 3 unspecified atom stereocenters. The van der Waals surface area contributed by atoms with Crippen molar-refractivity contribution in [2.45, 2.75) is 43.4 Å². The first kappa shape index (κ1) is 12.9. The van der Waals surface area contributed by atoms with Crippen LogP contribution >= 0.6 is 11.8 Å². The second-order valence-corrected chi connectivity index (χ2v) is 5.76. The molecule has 0 bridgehead atoms. The van der Waals surface area contributed by atoms with Crippen molar-refractivity contribution in [2.24, 2.45) is 0 Å². The second-order valence-electron chi connectivity index (χ2n) is 4.62. The maximum Gasteiger partial charge on any atom is 0.0693 e. The van der Waals surface area contributed by atoms with Crippen LogP contribution in [0.15, 0.2) is 29.2 Å². The topological polar surface area (TPSA) is 21.3 Å². The first-order chi connectivity index (χ1) is 8.22. The Bertz CT molecular complexity index is 369. The van der Waals surface area contributed by atoms with Crippen LogP contribution in [0.25, 0.3) is 0 Å². The van der Waals surface area contributed by atoms with Gasteiger partial charge < -0.3 is 10.1 Å². The molecule has 1 aromatic rings. The van der Waals surface area contributed by atoms with Gasteiger partial charge in [-0.1, -0.05) is 18.2 Å². The first-order valence-corrected chi connectivity index (χ1v) is 7.21. The van der Waals surface area contributed by atoms with E-state index < -0.39 is 0 Å². The van der Waals surface area contributed by atoms with E-state index in [1.54, 1.807) is 7.11 Å². The summed E-state index contributed by atoms with van der Waals surface area (Å²) in [5, 5.41) is 3.69. The van der Waals surface area contributed by atoms with Crippen molar-refractivity contribution in [3.8, 4) is 0 Å². The van der Waals surface area contributed by atoms with E-state index in [1.165, 1.54) is 22.6 Å².